The molecule has 1 N–H and O–H groups in total. The van der Waals surface area contributed by atoms with Crippen LogP contribution in [-0.4, -0.2) is 49.5 Å². The summed E-state index contributed by atoms with van der Waals surface area (Å²) in [5, 5.41) is 2.88. The minimum atomic E-state index is -0.124. The highest BCUT2D eigenvalue weighted by molar-refractivity contribution is 5.93. The highest BCUT2D eigenvalue weighted by Crippen LogP contribution is 2.16. The van der Waals surface area contributed by atoms with Gasteiger partial charge in [0.15, 0.2) is 0 Å². The first-order valence-electron chi connectivity index (χ1n) is 7.91. The quantitative estimate of drug-likeness (QED) is 0.894. The average Bonchev–Trinajstić information content (AvgIpc) is 3.08. The summed E-state index contributed by atoms with van der Waals surface area (Å²) in [4.78, 5) is 16.3. The van der Waals surface area contributed by atoms with Gasteiger partial charge < -0.3 is 19.5 Å². The number of aromatic nitrogens is 1. The Morgan fingerprint density at radius 1 is 1.27 bits per heavy atom. The van der Waals surface area contributed by atoms with Gasteiger partial charge in [-0.05, 0) is 18.9 Å². The van der Waals surface area contributed by atoms with E-state index in [4.69, 9.17) is 14.2 Å². The Bertz CT molecular complexity index is 479. The molecule has 2 aliphatic heterocycles. The Balaban J connectivity index is 1.48. The van der Waals surface area contributed by atoms with Crippen LogP contribution in [0.2, 0.25) is 0 Å². The van der Waals surface area contributed by atoms with Crippen molar-refractivity contribution in [3.8, 4) is 5.88 Å². The highest BCUT2D eigenvalue weighted by Gasteiger charge is 2.18. The molecule has 2 saturated heterocycles. The highest BCUT2D eigenvalue weighted by atomic mass is 16.5. The first-order chi connectivity index (χ1) is 10.8. The van der Waals surface area contributed by atoms with E-state index >= 15 is 0 Å². The molecule has 1 aromatic rings. The summed E-state index contributed by atoms with van der Waals surface area (Å²) >= 11 is 0. The van der Waals surface area contributed by atoms with Crippen LogP contribution in [0, 0.1) is 0 Å². The largest absolute Gasteiger partial charge is 0.474 e. The van der Waals surface area contributed by atoms with Crippen LogP contribution in [0.4, 0.5) is 0 Å². The van der Waals surface area contributed by atoms with Gasteiger partial charge >= 0.3 is 0 Å². The lowest BCUT2D eigenvalue weighted by Gasteiger charge is -2.22. The minimum absolute atomic E-state index is 0.124. The monoisotopic (exact) mass is 306 g/mol. The second-order valence-electron chi connectivity index (χ2n) is 5.66. The lowest BCUT2D eigenvalue weighted by atomic mass is 10.1. The van der Waals surface area contributed by atoms with Crippen molar-refractivity contribution in [3.63, 3.8) is 0 Å². The summed E-state index contributed by atoms with van der Waals surface area (Å²) in [7, 11) is 0. The lowest BCUT2D eigenvalue weighted by molar-refractivity contribution is 0.0237. The maximum atomic E-state index is 12.0. The molecule has 1 amide bonds. The normalized spacial score (nSPS) is 22.5. The average molecular weight is 306 g/mol. The zero-order valence-corrected chi connectivity index (χ0v) is 12.6. The molecule has 0 aliphatic carbocycles. The van der Waals surface area contributed by atoms with Crippen LogP contribution in [0.5, 0.6) is 5.88 Å². The van der Waals surface area contributed by atoms with Gasteiger partial charge in [-0.25, -0.2) is 4.98 Å². The van der Waals surface area contributed by atoms with Crippen LogP contribution < -0.4 is 10.1 Å². The molecule has 0 bridgehead atoms. The smallest absolute Gasteiger partial charge is 0.252 e. The van der Waals surface area contributed by atoms with Crippen LogP contribution >= 0.6 is 0 Å². The number of carbonyl (C=O) groups excluding carboxylic acids is 1. The molecule has 0 spiro atoms. The van der Waals surface area contributed by atoms with Crippen molar-refractivity contribution in [1.82, 2.24) is 10.3 Å². The summed E-state index contributed by atoms with van der Waals surface area (Å²) in [5.41, 5.74) is 0.539. The van der Waals surface area contributed by atoms with Gasteiger partial charge in [-0.3, -0.25) is 4.79 Å². The van der Waals surface area contributed by atoms with Crippen molar-refractivity contribution >= 4 is 5.91 Å². The maximum absolute atomic E-state index is 12.0. The minimum Gasteiger partial charge on any atom is -0.474 e. The van der Waals surface area contributed by atoms with E-state index in [1.807, 2.05) is 0 Å². The molecule has 0 aromatic carbocycles. The van der Waals surface area contributed by atoms with Crippen LogP contribution in [0.3, 0.4) is 0 Å². The van der Waals surface area contributed by atoms with E-state index in [2.05, 4.69) is 10.3 Å². The molecule has 1 atom stereocenters. The van der Waals surface area contributed by atoms with E-state index in [-0.39, 0.29) is 18.1 Å². The second-order valence-corrected chi connectivity index (χ2v) is 5.66. The number of amides is 1. The molecule has 3 rings (SSSR count). The number of rotatable bonds is 5. The number of nitrogens with zero attached hydrogens (tertiary/aromatic N) is 1. The molecule has 6 heteroatoms. The van der Waals surface area contributed by atoms with E-state index < -0.39 is 0 Å². The van der Waals surface area contributed by atoms with Crippen molar-refractivity contribution in [3.05, 3.63) is 23.9 Å². The Morgan fingerprint density at radius 3 is 2.82 bits per heavy atom. The fourth-order valence-electron chi connectivity index (χ4n) is 2.66. The van der Waals surface area contributed by atoms with E-state index in [0.717, 1.165) is 45.5 Å². The van der Waals surface area contributed by atoms with E-state index in [9.17, 15) is 4.79 Å². The fourth-order valence-corrected chi connectivity index (χ4v) is 2.66. The molecule has 2 fully saturated rings. The first kappa shape index (κ1) is 15.2. The molecule has 22 heavy (non-hydrogen) atoms. The van der Waals surface area contributed by atoms with Gasteiger partial charge in [-0.2, -0.15) is 0 Å². The van der Waals surface area contributed by atoms with Crippen LogP contribution in [0.25, 0.3) is 0 Å². The third kappa shape index (κ3) is 4.18. The van der Waals surface area contributed by atoms with Gasteiger partial charge in [0.2, 0.25) is 5.88 Å². The topological polar surface area (TPSA) is 69.7 Å². The SMILES string of the molecule is O=C(NCC1CCCO1)c1ccc(OC2CCOCC2)nc1. The molecule has 1 unspecified atom stereocenters. The van der Waals surface area contributed by atoms with Gasteiger partial charge in [-0.15, -0.1) is 0 Å². The number of nitrogens with one attached hydrogen (secondary N) is 1. The van der Waals surface area contributed by atoms with E-state index in [1.54, 1.807) is 18.3 Å². The Hall–Kier alpha value is -1.66. The molecular weight excluding hydrogens is 284 g/mol. The van der Waals surface area contributed by atoms with E-state index in [1.165, 1.54) is 0 Å². The van der Waals surface area contributed by atoms with Crippen LogP contribution in [-0.2, 0) is 9.47 Å². The lowest BCUT2D eigenvalue weighted by Crippen LogP contribution is -2.31. The van der Waals surface area contributed by atoms with Crippen LogP contribution in [0.1, 0.15) is 36.0 Å². The van der Waals surface area contributed by atoms with Crippen molar-refractivity contribution in [2.45, 2.75) is 37.9 Å². The van der Waals surface area contributed by atoms with Gasteiger partial charge in [0.1, 0.15) is 6.10 Å². The van der Waals surface area contributed by atoms with Crippen LogP contribution in [0.15, 0.2) is 18.3 Å². The van der Waals surface area contributed by atoms with Crippen molar-refractivity contribution in [1.29, 1.82) is 0 Å². The number of hydrogen-bond acceptors (Lipinski definition) is 5. The van der Waals surface area contributed by atoms with Gasteiger partial charge in [-0.1, -0.05) is 0 Å². The van der Waals surface area contributed by atoms with Gasteiger partial charge in [0.05, 0.1) is 24.9 Å². The predicted molar refractivity (Wildman–Crippen MR) is 80.0 cm³/mol. The predicted octanol–water partition coefficient (Wildman–Crippen LogP) is 1.55. The zero-order chi connectivity index (χ0) is 15.2. The summed E-state index contributed by atoms with van der Waals surface area (Å²) in [5.74, 6) is 0.434. The molecule has 3 heterocycles. The number of pyridine rings is 1. The standard InChI is InChI=1S/C16H22N2O4/c19-16(18-11-14-2-1-7-21-14)12-3-4-15(17-10-12)22-13-5-8-20-9-6-13/h3-4,10,13-14H,1-2,5-9,11H2,(H,18,19). The number of hydrogen-bond donors (Lipinski definition) is 1. The summed E-state index contributed by atoms with van der Waals surface area (Å²) in [6.07, 6.45) is 5.70. The summed E-state index contributed by atoms with van der Waals surface area (Å²) < 4.78 is 16.6. The molecular formula is C16H22N2O4. The molecule has 2 aliphatic rings. The third-order valence-electron chi connectivity index (χ3n) is 3.97. The zero-order valence-electron chi connectivity index (χ0n) is 12.6. The Morgan fingerprint density at radius 2 is 2.14 bits per heavy atom. The first-order valence-corrected chi connectivity index (χ1v) is 7.91. The number of carbonyl (C=O) groups is 1. The van der Waals surface area contributed by atoms with Gasteiger partial charge in [0.25, 0.3) is 5.91 Å². The van der Waals surface area contributed by atoms with E-state index in [0.29, 0.717) is 18.0 Å². The molecule has 6 nitrogen and oxygen atoms in total. The summed E-state index contributed by atoms with van der Waals surface area (Å²) in [6.45, 7) is 2.81. The van der Waals surface area contributed by atoms with Crippen molar-refractivity contribution < 1.29 is 19.0 Å². The Labute approximate surface area is 130 Å². The molecule has 0 saturated carbocycles. The molecule has 1 aromatic heterocycles. The van der Waals surface area contributed by atoms with Gasteiger partial charge in [0, 0.05) is 38.3 Å². The third-order valence-corrected chi connectivity index (χ3v) is 3.97. The molecule has 0 radical (unpaired) electrons. The molecule has 120 valence electrons. The summed E-state index contributed by atoms with van der Waals surface area (Å²) in [6, 6.07) is 3.49. The number of ether oxygens (including phenoxy) is 3. The maximum Gasteiger partial charge on any atom is 0.252 e. The second kappa shape index (κ2) is 7.56. The van der Waals surface area contributed by atoms with Crippen molar-refractivity contribution in [2.24, 2.45) is 0 Å². The van der Waals surface area contributed by atoms with Crippen molar-refractivity contribution in [2.75, 3.05) is 26.4 Å². The fraction of sp³-hybridized carbons (Fsp3) is 0.625. The Kier molecular flexibility index (Phi) is 5.24.